The summed E-state index contributed by atoms with van der Waals surface area (Å²) in [6, 6.07) is 16.5. The number of nitrogens with zero attached hydrogens (tertiary/aromatic N) is 1. The van der Waals surface area contributed by atoms with Gasteiger partial charge in [-0.3, -0.25) is 15.0 Å². The van der Waals surface area contributed by atoms with Gasteiger partial charge in [-0.05, 0) is 17.7 Å². The summed E-state index contributed by atoms with van der Waals surface area (Å²) in [5.74, 6) is -0.244. The fourth-order valence-corrected chi connectivity index (χ4v) is 3.01. The molecule has 2 aromatic carbocycles. The van der Waals surface area contributed by atoms with E-state index < -0.39 is 0 Å². The van der Waals surface area contributed by atoms with Crippen molar-refractivity contribution in [1.29, 1.82) is 0 Å². The van der Waals surface area contributed by atoms with Crippen molar-refractivity contribution >= 4 is 28.8 Å². The molecule has 0 unspecified atom stereocenters. The van der Waals surface area contributed by atoms with Crippen LogP contribution < -0.4 is 10.3 Å². The van der Waals surface area contributed by atoms with Crippen LogP contribution in [0.1, 0.15) is 5.56 Å². The van der Waals surface area contributed by atoms with E-state index in [-0.39, 0.29) is 17.2 Å². The number of aromatic nitrogens is 1. The van der Waals surface area contributed by atoms with Crippen LogP contribution in [0.5, 0.6) is 0 Å². The van der Waals surface area contributed by atoms with Crippen molar-refractivity contribution in [3.63, 3.8) is 0 Å². The van der Waals surface area contributed by atoms with E-state index in [1.165, 1.54) is 4.68 Å². The van der Waals surface area contributed by atoms with Crippen LogP contribution in [0.15, 0.2) is 64.8 Å². The molecule has 1 N–H and O–H groups in total. The predicted molar refractivity (Wildman–Crippen MR) is 93.5 cm³/mol. The number of nitrogens with one attached hydrogen (secondary N) is 1. The van der Waals surface area contributed by atoms with Gasteiger partial charge in [0, 0.05) is 16.0 Å². The smallest absolute Gasteiger partial charge is 0.273 e. The second-order valence-corrected chi connectivity index (χ2v) is 6.18. The molecule has 0 radical (unpaired) electrons. The van der Waals surface area contributed by atoms with Crippen LogP contribution in [-0.4, -0.2) is 10.6 Å². The maximum atomic E-state index is 12.2. The highest BCUT2D eigenvalue weighted by molar-refractivity contribution is 7.07. The van der Waals surface area contributed by atoms with Crippen LogP contribution in [0.25, 0.3) is 11.3 Å². The summed E-state index contributed by atoms with van der Waals surface area (Å²) >= 11 is 6.92. The topological polar surface area (TPSA) is 51.1 Å². The fourth-order valence-electron chi connectivity index (χ4n) is 2.18. The van der Waals surface area contributed by atoms with Crippen LogP contribution in [0.2, 0.25) is 5.02 Å². The Morgan fingerprint density at radius 2 is 1.78 bits per heavy atom. The Hall–Kier alpha value is -2.37. The van der Waals surface area contributed by atoms with Crippen LogP contribution in [-0.2, 0) is 11.2 Å². The van der Waals surface area contributed by atoms with Gasteiger partial charge in [0.1, 0.15) is 0 Å². The third-order valence-corrected chi connectivity index (χ3v) is 4.26. The van der Waals surface area contributed by atoms with Crippen molar-refractivity contribution in [1.82, 2.24) is 4.68 Å². The van der Waals surface area contributed by atoms with Crippen molar-refractivity contribution < 1.29 is 4.79 Å². The molecular formula is C17H13ClN2O2S. The number of rotatable bonds is 4. The minimum atomic E-state index is -0.244. The third-order valence-electron chi connectivity index (χ3n) is 3.28. The van der Waals surface area contributed by atoms with Crippen molar-refractivity contribution in [3.8, 4) is 11.3 Å². The Balaban J connectivity index is 1.83. The Morgan fingerprint density at radius 1 is 1.09 bits per heavy atom. The molecule has 3 rings (SSSR count). The van der Waals surface area contributed by atoms with Gasteiger partial charge in [-0.25, -0.2) is 4.68 Å². The molecule has 6 heteroatoms. The van der Waals surface area contributed by atoms with E-state index in [4.69, 9.17) is 11.6 Å². The summed E-state index contributed by atoms with van der Waals surface area (Å²) < 4.78 is 1.28. The quantitative estimate of drug-likeness (QED) is 0.787. The maximum Gasteiger partial charge on any atom is 0.326 e. The lowest BCUT2D eigenvalue weighted by Gasteiger charge is -2.09. The first-order chi connectivity index (χ1) is 11.1. The molecule has 0 fully saturated rings. The Kier molecular flexibility index (Phi) is 4.60. The number of carbonyl (C=O) groups is 1. The molecule has 0 saturated heterocycles. The summed E-state index contributed by atoms with van der Waals surface area (Å²) in [5.41, 5.74) is 5.00. The maximum absolute atomic E-state index is 12.2. The minimum absolute atomic E-state index is 0.211. The zero-order valence-electron chi connectivity index (χ0n) is 12.0. The first-order valence-electron chi connectivity index (χ1n) is 6.94. The third kappa shape index (κ3) is 3.70. The van der Waals surface area contributed by atoms with E-state index in [9.17, 15) is 9.59 Å². The monoisotopic (exact) mass is 344 g/mol. The first kappa shape index (κ1) is 15.5. The normalized spacial score (nSPS) is 10.5. The molecule has 116 valence electrons. The standard InChI is InChI=1S/C17H13ClN2O2S/c18-14-8-6-13(7-9-14)15-11-23-17(22)20(15)19-16(21)10-12-4-2-1-3-5-12/h1-9,11H,10H2,(H,19,21). The van der Waals surface area contributed by atoms with Crippen molar-refractivity contribution in [2.24, 2.45) is 0 Å². The molecule has 0 aliphatic carbocycles. The highest BCUT2D eigenvalue weighted by atomic mass is 35.5. The number of carbonyl (C=O) groups excluding carboxylic acids is 1. The summed E-state index contributed by atoms with van der Waals surface area (Å²) in [6.07, 6.45) is 0.211. The lowest BCUT2D eigenvalue weighted by atomic mass is 10.1. The van der Waals surface area contributed by atoms with Crippen molar-refractivity contribution in [2.45, 2.75) is 6.42 Å². The Bertz CT molecular complexity index is 870. The summed E-state index contributed by atoms with van der Waals surface area (Å²) in [5, 5.41) is 2.33. The molecule has 0 aliphatic heterocycles. The molecule has 0 spiro atoms. The van der Waals surface area contributed by atoms with E-state index in [1.807, 2.05) is 42.5 Å². The summed E-state index contributed by atoms with van der Waals surface area (Å²) in [6.45, 7) is 0. The molecule has 4 nitrogen and oxygen atoms in total. The lowest BCUT2D eigenvalue weighted by molar-refractivity contribution is -0.116. The van der Waals surface area contributed by atoms with Crippen LogP contribution in [0.4, 0.5) is 0 Å². The van der Waals surface area contributed by atoms with E-state index in [0.29, 0.717) is 10.7 Å². The molecule has 0 bridgehead atoms. The predicted octanol–water partition coefficient (Wildman–Crippen LogP) is 3.54. The Labute approximate surface area is 141 Å². The number of thiazole rings is 1. The Morgan fingerprint density at radius 3 is 2.48 bits per heavy atom. The second-order valence-electron chi connectivity index (χ2n) is 4.93. The van der Waals surface area contributed by atoms with Crippen molar-refractivity contribution in [3.05, 3.63) is 80.2 Å². The molecule has 1 amide bonds. The number of halogens is 1. The van der Waals surface area contributed by atoms with Crippen LogP contribution >= 0.6 is 22.9 Å². The number of benzene rings is 2. The highest BCUT2D eigenvalue weighted by Gasteiger charge is 2.12. The molecule has 23 heavy (non-hydrogen) atoms. The largest absolute Gasteiger partial charge is 0.326 e. The highest BCUT2D eigenvalue weighted by Crippen LogP contribution is 2.21. The van der Waals surface area contributed by atoms with Gasteiger partial charge in [0.05, 0.1) is 12.1 Å². The SMILES string of the molecule is O=C(Cc1ccccc1)Nn1c(-c2ccc(Cl)cc2)csc1=O. The molecular weight excluding hydrogens is 332 g/mol. The van der Waals surface area contributed by atoms with Gasteiger partial charge >= 0.3 is 4.87 Å². The molecule has 1 aromatic heterocycles. The molecule has 1 heterocycles. The van der Waals surface area contributed by atoms with Gasteiger partial charge in [0.15, 0.2) is 0 Å². The zero-order valence-corrected chi connectivity index (χ0v) is 13.6. The first-order valence-corrected chi connectivity index (χ1v) is 8.19. The van der Waals surface area contributed by atoms with Gasteiger partial charge in [-0.1, -0.05) is 65.4 Å². The lowest BCUT2D eigenvalue weighted by Crippen LogP contribution is -2.31. The number of amides is 1. The molecule has 0 saturated carbocycles. The van der Waals surface area contributed by atoms with E-state index in [2.05, 4.69) is 5.43 Å². The fraction of sp³-hybridized carbons (Fsp3) is 0.0588. The zero-order chi connectivity index (χ0) is 16.2. The van der Waals surface area contributed by atoms with Gasteiger partial charge < -0.3 is 0 Å². The summed E-state index contributed by atoms with van der Waals surface area (Å²) in [4.78, 5) is 24.0. The van der Waals surface area contributed by atoms with Crippen LogP contribution in [0, 0.1) is 0 Å². The van der Waals surface area contributed by atoms with Gasteiger partial charge in [0.25, 0.3) is 0 Å². The second kappa shape index (κ2) is 6.81. The van der Waals surface area contributed by atoms with E-state index in [0.717, 1.165) is 22.5 Å². The molecule has 0 atom stereocenters. The van der Waals surface area contributed by atoms with Gasteiger partial charge in [-0.15, -0.1) is 0 Å². The average Bonchev–Trinajstić information content (AvgIpc) is 2.90. The van der Waals surface area contributed by atoms with Crippen LogP contribution in [0.3, 0.4) is 0 Å². The minimum Gasteiger partial charge on any atom is -0.273 e. The average molecular weight is 345 g/mol. The van der Waals surface area contributed by atoms with Crippen molar-refractivity contribution in [2.75, 3.05) is 5.43 Å². The number of hydrogen-bond acceptors (Lipinski definition) is 3. The van der Waals surface area contributed by atoms with Gasteiger partial charge in [-0.2, -0.15) is 0 Å². The molecule has 3 aromatic rings. The molecule has 0 aliphatic rings. The van der Waals surface area contributed by atoms with E-state index in [1.54, 1.807) is 17.5 Å². The van der Waals surface area contributed by atoms with Gasteiger partial charge in [0.2, 0.25) is 5.91 Å². The summed E-state index contributed by atoms with van der Waals surface area (Å²) in [7, 11) is 0. The number of hydrogen-bond donors (Lipinski definition) is 1. The van der Waals surface area contributed by atoms with E-state index >= 15 is 0 Å².